The molecular weight excluding hydrogens is 304 g/mol. The Balaban J connectivity index is 1.43. The molecule has 24 heavy (non-hydrogen) atoms. The van der Waals surface area contributed by atoms with E-state index in [9.17, 15) is 10.1 Å². The molecule has 1 fully saturated rings. The number of nitro groups is 1. The van der Waals surface area contributed by atoms with Crippen molar-refractivity contribution in [1.82, 2.24) is 9.88 Å². The Morgan fingerprint density at radius 1 is 1.04 bits per heavy atom. The topological polar surface area (TPSA) is 62.5 Å². The van der Waals surface area contributed by atoms with Crippen molar-refractivity contribution in [3.63, 3.8) is 0 Å². The molecule has 0 bridgehead atoms. The van der Waals surface area contributed by atoms with E-state index in [4.69, 9.17) is 0 Å². The number of benzene rings is 1. The molecule has 2 heterocycles. The van der Waals surface area contributed by atoms with Gasteiger partial charge in [-0.25, -0.2) is 4.98 Å². The fourth-order valence-corrected chi connectivity index (χ4v) is 3.03. The molecule has 6 nitrogen and oxygen atoms in total. The van der Waals surface area contributed by atoms with Gasteiger partial charge in [0.1, 0.15) is 12.0 Å². The number of anilines is 1. The van der Waals surface area contributed by atoms with Crippen molar-refractivity contribution in [1.29, 1.82) is 0 Å². The first-order valence-corrected chi connectivity index (χ1v) is 8.34. The molecule has 126 valence electrons. The lowest BCUT2D eigenvalue weighted by Gasteiger charge is -2.35. The summed E-state index contributed by atoms with van der Waals surface area (Å²) in [4.78, 5) is 19.1. The molecule has 1 saturated heterocycles. The lowest BCUT2D eigenvalue weighted by Crippen LogP contribution is -2.47. The zero-order valence-electron chi connectivity index (χ0n) is 13.7. The van der Waals surface area contributed by atoms with Crippen LogP contribution in [0.1, 0.15) is 12.0 Å². The standard InChI is InChI=1S/C18H22N4O2/c23-22(24)17-8-9-18(19-15-17)21-13-11-20(12-14-21)10-4-7-16-5-2-1-3-6-16/h1-3,5-6,8-9,15H,4,7,10-14H2. The maximum Gasteiger partial charge on any atom is 0.287 e. The molecule has 1 aliphatic rings. The molecule has 0 radical (unpaired) electrons. The van der Waals surface area contributed by atoms with Gasteiger partial charge in [0.2, 0.25) is 0 Å². The van der Waals surface area contributed by atoms with Crippen LogP contribution in [0.2, 0.25) is 0 Å². The van der Waals surface area contributed by atoms with Gasteiger partial charge in [0.25, 0.3) is 5.69 Å². The van der Waals surface area contributed by atoms with Crippen molar-refractivity contribution in [3.8, 4) is 0 Å². The number of aryl methyl sites for hydroxylation is 1. The third kappa shape index (κ3) is 4.29. The largest absolute Gasteiger partial charge is 0.354 e. The van der Waals surface area contributed by atoms with Crippen molar-refractivity contribution in [2.45, 2.75) is 12.8 Å². The monoisotopic (exact) mass is 326 g/mol. The Hall–Kier alpha value is -2.47. The zero-order valence-corrected chi connectivity index (χ0v) is 13.7. The highest BCUT2D eigenvalue weighted by Crippen LogP contribution is 2.17. The molecule has 2 aromatic rings. The van der Waals surface area contributed by atoms with Crippen LogP contribution in [-0.4, -0.2) is 47.5 Å². The summed E-state index contributed by atoms with van der Waals surface area (Å²) >= 11 is 0. The Labute approximate surface area is 141 Å². The van der Waals surface area contributed by atoms with Gasteiger partial charge in [-0.2, -0.15) is 0 Å². The van der Waals surface area contributed by atoms with Crippen molar-refractivity contribution >= 4 is 11.5 Å². The number of hydrogen-bond donors (Lipinski definition) is 0. The number of nitrogens with zero attached hydrogens (tertiary/aromatic N) is 4. The van der Waals surface area contributed by atoms with Crippen molar-refractivity contribution < 1.29 is 4.92 Å². The average molecular weight is 326 g/mol. The number of hydrogen-bond acceptors (Lipinski definition) is 5. The molecule has 1 aromatic carbocycles. The summed E-state index contributed by atoms with van der Waals surface area (Å²) in [6.45, 7) is 4.95. The molecule has 0 amide bonds. The molecule has 0 unspecified atom stereocenters. The molecule has 6 heteroatoms. The fraction of sp³-hybridized carbons (Fsp3) is 0.389. The van der Waals surface area contributed by atoms with Gasteiger partial charge in [-0.15, -0.1) is 0 Å². The lowest BCUT2D eigenvalue weighted by molar-refractivity contribution is -0.385. The van der Waals surface area contributed by atoms with Gasteiger partial charge in [-0.3, -0.25) is 15.0 Å². The Morgan fingerprint density at radius 3 is 2.42 bits per heavy atom. The Morgan fingerprint density at radius 2 is 1.79 bits per heavy atom. The maximum atomic E-state index is 10.7. The first-order chi connectivity index (χ1) is 11.7. The van der Waals surface area contributed by atoms with Gasteiger partial charge in [-0.1, -0.05) is 30.3 Å². The minimum Gasteiger partial charge on any atom is -0.354 e. The molecule has 0 atom stereocenters. The van der Waals surface area contributed by atoms with E-state index < -0.39 is 4.92 Å². The summed E-state index contributed by atoms with van der Waals surface area (Å²) in [5.41, 5.74) is 1.43. The van der Waals surface area contributed by atoms with E-state index in [-0.39, 0.29) is 5.69 Å². The van der Waals surface area contributed by atoms with Gasteiger partial charge in [0.15, 0.2) is 0 Å². The van der Waals surface area contributed by atoms with Crippen LogP contribution < -0.4 is 4.90 Å². The van der Waals surface area contributed by atoms with Crippen LogP contribution in [0.25, 0.3) is 0 Å². The second kappa shape index (κ2) is 7.88. The van der Waals surface area contributed by atoms with Crippen molar-refractivity contribution in [2.75, 3.05) is 37.6 Å². The number of piperazine rings is 1. The molecule has 0 N–H and O–H groups in total. The quantitative estimate of drug-likeness (QED) is 0.603. The van der Waals surface area contributed by atoms with E-state index in [1.165, 1.54) is 24.2 Å². The molecule has 3 rings (SSSR count). The molecule has 1 aromatic heterocycles. The smallest absolute Gasteiger partial charge is 0.287 e. The van der Waals surface area contributed by atoms with E-state index >= 15 is 0 Å². The number of pyridine rings is 1. The minimum absolute atomic E-state index is 0.0401. The van der Waals surface area contributed by atoms with Gasteiger partial charge in [-0.05, 0) is 31.0 Å². The second-order valence-electron chi connectivity index (χ2n) is 6.05. The summed E-state index contributed by atoms with van der Waals surface area (Å²) in [6, 6.07) is 13.8. The molecule has 0 aliphatic carbocycles. The Bertz CT molecular complexity index is 652. The zero-order chi connectivity index (χ0) is 16.8. The fourth-order valence-electron chi connectivity index (χ4n) is 3.03. The van der Waals surface area contributed by atoms with Crippen LogP contribution in [0.5, 0.6) is 0 Å². The SMILES string of the molecule is O=[N+]([O-])c1ccc(N2CCN(CCCc3ccccc3)CC2)nc1. The third-order valence-electron chi connectivity index (χ3n) is 4.42. The minimum atomic E-state index is -0.415. The maximum absolute atomic E-state index is 10.7. The predicted molar refractivity (Wildman–Crippen MR) is 94.3 cm³/mol. The van der Waals surface area contributed by atoms with E-state index in [1.54, 1.807) is 6.07 Å². The summed E-state index contributed by atoms with van der Waals surface area (Å²) < 4.78 is 0. The first kappa shape index (κ1) is 16.4. The molecule has 0 spiro atoms. The van der Waals surface area contributed by atoms with Gasteiger partial charge < -0.3 is 4.90 Å². The highest BCUT2D eigenvalue weighted by molar-refractivity contribution is 5.43. The van der Waals surface area contributed by atoms with E-state index in [0.29, 0.717) is 0 Å². The first-order valence-electron chi connectivity index (χ1n) is 8.34. The highest BCUT2D eigenvalue weighted by Gasteiger charge is 2.18. The van der Waals surface area contributed by atoms with Crippen LogP contribution in [0, 0.1) is 10.1 Å². The normalized spacial score (nSPS) is 15.4. The summed E-state index contributed by atoms with van der Waals surface area (Å²) in [7, 11) is 0. The van der Waals surface area contributed by atoms with Crippen molar-refractivity contribution in [3.05, 3.63) is 64.3 Å². The third-order valence-corrected chi connectivity index (χ3v) is 4.42. The van der Waals surface area contributed by atoms with Crippen LogP contribution in [-0.2, 0) is 6.42 Å². The van der Waals surface area contributed by atoms with Gasteiger partial charge in [0, 0.05) is 32.2 Å². The number of rotatable bonds is 6. The van der Waals surface area contributed by atoms with E-state index in [2.05, 4.69) is 45.1 Å². The van der Waals surface area contributed by atoms with E-state index in [0.717, 1.165) is 45.0 Å². The van der Waals surface area contributed by atoms with Crippen LogP contribution in [0.4, 0.5) is 11.5 Å². The molecular formula is C18H22N4O2. The lowest BCUT2D eigenvalue weighted by atomic mass is 10.1. The van der Waals surface area contributed by atoms with E-state index in [1.807, 2.05) is 0 Å². The summed E-state index contributed by atoms with van der Waals surface area (Å²) in [5.74, 6) is 0.824. The summed E-state index contributed by atoms with van der Waals surface area (Å²) in [6.07, 6.45) is 3.62. The van der Waals surface area contributed by atoms with Gasteiger partial charge in [0.05, 0.1) is 4.92 Å². The molecule has 0 saturated carbocycles. The van der Waals surface area contributed by atoms with Gasteiger partial charge >= 0.3 is 0 Å². The van der Waals surface area contributed by atoms with Crippen LogP contribution in [0.15, 0.2) is 48.7 Å². The second-order valence-corrected chi connectivity index (χ2v) is 6.05. The average Bonchev–Trinajstić information content (AvgIpc) is 2.63. The highest BCUT2D eigenvalue weighted by atomic mass is 16.6. The molecule has 1 aliphatic heterocycles. The van der Waals surface area contributed by atoms with Crippen LogP contribution in [0.3, 0.4) is 0 Å². The summed E-state index contributed by atoms with van der Waals surface area (Å²) in [5, 5.41) is 10.7. The van der Waals surface area contributed by atoms with Crippen molar-refractivity contribution in [2.24, 2.45) is 0 Å². The Kier molecular flexibility index (Phi) is 5.38. The van der Waals surface area contributed by atoms with Crippen LogP contribution >= 0.6 is 0 Å². The predicted octanol–water partition coefficient (Wildman–Crippen LogP) is 2.74. The number of aromatic nitrogens is 1.